The number of nitrogens with one attached hydrogen (secondary N) is 2. The zero-order valence-corrected chi connectivity index (χ0v) is 19.8. The molecule has 6 nitrogen and oxygen atoms in total. The van der Waals surface area contributed by atoms with Gasteiger partial charge in [0.1, 0.15) is 17.7 Å². The molecule has 1 aliphatic rings. The van der Waals surface area contributed by atoms with E-state index in [0.717, 1.165) is 45.2 Å². The van der Waals surface area contributed by atoms with Crippen molar-refractivity contribution in [2.45, 2.75) is 32.9 Å². The fourth-order valence-corrected chi connectivity index (χ4v) is 3.17. The summed E-state index contributed by atoms with van der Waals surface area (Å²) in [6.07, 6.45) is -0.107. The smallest absolute Gasteiger partial charge is 0.191 e. The Hall–Kier alpha value is -1.13. The number of rotatable bonds is 8. The first-order valence-corrected chi connectivity index (χ1v) is 9.85. The van der Waals surface area contributed by atoms with Crippen LogP contribution in [0.15, 0.2) is 29.3 Å². The van der Waals surface area contributed by atoms with Gasteiger partial charge in [0.2, 0.25) is 0 Å². The van der Waals surface area contributed by atoms with E-state index in [1.165, 1.54) is 12.1 Å². The average Bonchev–Trinajstić information content (AvgIpc) is 2.68. The summed E-state index contributed by atoms with van der Waals surface area (Å²) >= 11 is 0. The third-order valence-electron chi connectivity index (χ3n) is 4.96. The van der Waals surface area contributed by atoms with E-state index in [0.29, 0.717) is 18.3 Å². The zero-order chi connectivity index (χ0) is 19.6. The molecule has 1 saturated heterocycles. The van der Waals surface area contributed by atoms with Crippen LogP contribution in [0.5, 0.6) is 5.75 Å². The van der Waals surface area contributed by atoms with Crippen LogP contribution in [-0.4, -0.2) is 80.8 Å². The quantitative estimate of drug-likeness (QED) is 0.322. The van der Waals surface area contributed by atoms with Crippen LogP contribution < -0.4 is 15.4 Å². The second-order valence-corrected chi connectivity index (χ2v) is 7.04. The molecule has 0 radical (unpaired) electrons. The lowest BCUT2D eigenvalue weighted by atomic mass is 10.2. The van der Waals surface area contributed by atoms with Crippen LogP contribution in [-0.2, 0) is 0 Å². The van der Waals surface area contributed by atoms with E-state index in [2.05, 4.69) is 39.3 Å². The van der Waals surface area contributed by atoms with Crippen molar-refractivity contribution in [1.82, 2.24) is 20.4 Å². The summed E-state index contributed by atoms with van der Waals surface area (Å²) < 4.78 is 19.0. The first kappa shape index (κ1) is 24.9. The molecule has 1 aromatic carbocycles. The van der Waals surface area contributed by atoms with Crippen molar-refractivity contribution in [3.63, 3.8) is 0 Å². The highest BCUT2D eigenvalue weighted by atomic mass is 127. The van der Waals surface area contributed by atoms with E-state index in [1.54, 1.807) is 19.2 Å². The second kappa shape index (κ2) is 13.2. The Morgan fingerprint density at radius 3 is 2.46 bits per heavy atom. The van der Waals surface area contributed by atoms with Crippen molar-refractivity contribution in [2.75, 3.05) is 52.9 Å². The average molecular weight is 507 g/mol. The molecule has 160 valence electrons. The summed E-state index contributed by atoms with van der Waals surface area (Å²) in [6.45, 7) is 13.5. The van der Waals surface area contributed by atoms with E-state index in [9.17, 15) is 4.39 Å². The summed E-state index contributed by atoms with van der Waals surface area (Å²) in [7, 11) is 1.76. The molecule has 1 aromatic rings. The number of aliphatic imine (C=N–C) groups is 1. The highest BCUT2D eigenvalue weighted by Gasteiger charge is 2.20. The molecule has 0 spiro atoms. The predicted octanol–water partition coefficient (Wildman–Crippen LogP) is 2.40. The Morgan fingerprint density at radius 1 is 1.18 bits per heavy atom. The number of piperazine rings is 1. The normalized spacial score (nSPS) is 18.1. The number of hydrogen-bond acceptors (Lipinski definition) is 4. The van der Waals surface area contributed by atoms with Crippen molar-refractivity contribution >= 4 is 29.9 Å². The maximum atomic E-state index is 13.2. The van der Waals surface area contributed by atoms with Crippen LogP contribution in [0, 0.1) is 5.82 Å². The van der Waals surface area contributed by atoms with E-state index in [4.69, 9.17) is 4.74 Å². The van der Waals surface area contributed by atoms with Gasteiger partial charge >= 0.3 is 0 Å². The van der Waals surface area contributed by atoms with Crippen LogP contribution in [0.3, 0.4) is 0 Å². The molecule has 28 heavy (non-hydrogen) atoms. The molecule has 2 atom stereocenters. The molecule has 0 bridgehead atoms. The molecular formula is C20H35FIN5O. The zero-order valence-electron chi connectivity index (χ0n) is 17.4. The van der Waals surface area contributed by atoms with Crippen molar-refractivity contribution in [1.29, 1.82) is 0 Å². The van der Waals surface area contributed by atoms with E-state index in [-0.39, 0.29) is 35.9 Å². The summed E-state index contributed by atoms with van der Waals surface area (Å²) in [4.78, 5) is 9.27. The number of hydrogen-bond donors (Lipinski definition) is 2. The van der Waals surface area contributed by atoms with Crippen LogP contribution in [0.25, 0.3) is 0 Å². The van der Waals surface area contributed by atoms with Gasteiger partial charge in [-0.25, -0.2) is 4.39 Å². The Balaban J connectivity index is 0.00000392. The molecule has 0 aliphatic carbocycles. The number of nitrogens with zero attached hydrogens (tertiary/aromatic N) is 3. The van der Waals surface area contributed by atoms with Gasteiger partial charge in [-0.15, -0.1) is 24.0 Å². The molecule has 1 heterocycles. The summed E-state index contributed by atoms with van der Waals surface area (Å²) in [6, 6.07) is 6.65. The summed E-state index contributed by atoms with van der Waals surface area (Å²) in [5.74, 6) is 0.995. The number of likely N-dealkylation sites (N-methyl/N-ethyl adjacent to an activating group) is 1. The first-order chi connectivity index (χ1) is 13.0. The van der Waals surface area contributed by atoms with Crippen molar-refractivity contribution < 1.29 is 9.13 Å². The van der Waals surface area contributed by atoms with Gasteiger partial charge in [-0.3, -0.25) is 9.89 Å². The largest absolute Gasteiger partial charge is 0.489 e. The Kier molecular flexibility index (Phi) is 11.7. The minimum Gasteiger partial charge on any atom is -0.489 e. The van der Waals surface area contributed by atoms with Gasteiger partial charge in [0.05, 0.1) is 6.54 Å². The summed E-state index contributed by atoms with van der Waals surface area (Å²) in [5, 5.41) is 6.66. The van der Waals surface area contributed by atoms with Gasteiger partial charge in [-0.2, -0.15) is 0 Å². The fraction of sp³-hybridized carbons (Fsp3) is 0.650. The molecule has 8 heteroatoms. The lowest BCUT2D eigenvalue weighted by Gasteiger charge is -2.37. The van der Waals surface area contributed by atoms with E-state index < -0.39 is 0 Å². The van der Waals surface area contributed by atoms with E-state index in [1.807, 2.05) is 6.92 Å². The number of guanidine groups is 1. The predicted molar refractivity (Wildman–Crippen MR) is 124 cm³/mol. The number of ether oxygens (including phenoxy) is 1. The topological polar surface area (TPSA) is 52.1 Å². The number of halogens is 2. The summed E-state index contributed by atoms with van der Waals surface area (Å²) in [5.41, 5.74) is 0. The van der Waals surface area contributed by atoms with Gasteiger partial charge in [0.15, 0.2) is 5.96 Å². The van der Waals surface area contributed by atoms with Gasteiger partial charge in [-0.1, -0.05) is 13.0 Å². The lowest BCUT2D eigenvalue weighted by Crippen LogP contribution is -2.53. The van der Waals surface area contributed by atoms with Crippen LogP contribution in [0.4, 0.5) is 4.39 Å². The van der Waals surface area contributed by atoms with Crippen LogP contribution >= 0.6 is 24.0 Å². The van der Waals surface area contributed by atoms with Crippen molar-refractivity contribution in [2.24, 2.45) is 4.99 Å². The van der Waals surface area contributed by atoms with Gasteiger partial charge in [0.25, 0.3) is 0 Å². The maximum absolute atomic E-state index is 13.2. The maximum Gasteiger partial charge on any atom is 0.191 e. The monoisotopic (exact) mass is 507 g/mol. The van der Waals surface area contributed by atoms with Crippen LogP contribution in [0.2, 0.25) is 0 Å². The van der Waals surface area contributed by atoms with Crippen LogP contribution in [0.1, 0.15) is 20.8 Å². The molecule has 1 fully saturated rings. The Morgan fingerprint density at radius 2 is 1.86 bits per heavy atom. The molecule has 0 aromatic heterocycles. The Labute approximate surface area is 185 Å². The van der Waals surface area contributed by atoms with E-state index >= 15 is 0 Å². The third-order valence-corrected chi connectivity index (χ3v) is 4.96. The van der Waals surface area contributed by atoms with Gasteiger partial charge in [-0.05, 0) is 32.5 Å². The molecular weight excluding hydrogens is 472 g/mol. The molecule has 2 rings (SSSR count). The molecule has 0 amide bonds. The van der Waals surface area contributed by atoms with Crippen molar-refractivity contribution in [3.8, 4) is 5.75 Å². The number of benzene rings is 1. The SMILES string of the molecule is CCN1CCN(C(C)CNC(=NC)NCC(C)Oc2cccc(F)c2)CC1.I. The molecule has 2 unspecified atom stereocenters. The van der Waals surface area contributed by atoms with Gasteiger partial charge in [0, 0.05) is 51.9 Å². The lowest BCUT2D eigenvalue weighted by molar-refractivity contribution is 0.107. The molecule has 2 N–H and O–H groups in total. The minimum atomic E-state index is -0.293. The van der Waals surface area contributed by atoms with Gasteiger partial charge < -0.3 is 20.3 Å². The standard InChI is InChI=1S/C20H34FN5O.HI/c1-5-25-9-11-26(12-10-25)16(2)14-23-20(22-4)24-15-17(3)27-19-8-6-7-18(21)13-19;/h6-8,13,16-17H,5,9-12,14-15H2,1-4H3,(H2,22,23,24);1H. The Bertz CT molecular complexity index is 596. The second-order valence-electron chi connectivity index (χ2n) is 7.04. The molecule has 0 saturated carbocycles. The van der Waals surface area contributed by atoms with Crippen molar-refractivity contribution in [3.05, 3.63) is 30.1 Å². The highest BCUT2D eigenvalue weighted by molar-refractivity contribution is 14.0. The fourth-order valence-electron chi connectivity index (χ4n) is 3.17. The first-order valence-electron chi connectivity index (χ1n) is 9.85. The minimum absolute atomic E-state index is 0. The molecule has 1 aliphatic heterocycles. The third kappa shape index (κ3) is 8.48. The highest BCUT2D eigenvalue weighted by Crippen LogP contribution is 2.13.